The van der Waals surface area contributed by atoms with Gasteiger partial charge in [-0.1, -0.05) is 20.8 Å². The van der Waals surface area contributed by atoms with Crippen LogP contribution in [0.25, 0.3) is 0 Å². The zero-order chi connectivity index (χ0) is 16.1. The molecule has 124 valence electrons. The van der Waals surface area contributed by atoms with Gasteiger partial charge in [-0.15, -0.1) is 0 Å². The molecule has 3 rings (SSSR count). The Balaban J connectivity index is 1.88. The Morgan fingerprint density at radius 1 is 1.23 bits per heavy atom. The zero-order valence-electron chi connectivity index (χ0n) is 14.6. The number of Topliss-reactive ketones (excluding diaryl/α,β-unsaturated/α-hetero) is 1. The fourth-order valence-corrected chi connectivity index (χ4v) is 5.96. The molecule has 0 aromatic heterocycles. The van der Waals surface area contributed by atoms with Crippen LogP contribution < -0.4 is 0 Å². The lowest BCUT2D eigenvalue weighted by Crippen LogP contribution is -2.59. The van der Waals surface area contributed by atoms with Gasteiger partial charge >= 0.3 is 0 Å². The van der Waals surface area contributed by atoms with E-state index in [1.54, 1.807) is 0 Å². The van der Waals surface area contributed by atoms with E-state index in [9.17, 15) is 9.70 Å². The molecule has 3 aliphatic rings. The maximum atomic E-state index is 12.5. The minimum absolute atomic E-state index is 0.0570. The number of carbonyl (C=O) groups excluding carboxylic acids is 1. The molecule has 3 fully saturated rings. The van der Waals surface area contributed by atoms with Crippen molar-refractivity contribution in [3.05, 3.63) is 4.91 Å². The van der Waals surface area contributed by atoms with E-state index in [2.05, 4.69) is 32.6 Å². The normalized spacial score (nSPS) is 43.0. The summed E-state index contributed by atoms with van der Waals surface area (Å²) in [5.41, 5.74) is 0.372. The van der Waals surface area contributed by atoms with Gasteiger partial charge in [-0.05, 0) is 37.5 Å². The van der Waals surface area contributed by atoms with Crippen molar-refractivity contribution < 1.29 is 9.55 Å². The van der Waals surface area contributed by atoms with Crippen molar-refractivity contribution in [2.24, 2.45) is 11.3 Å². The van der Waals surface area contributed by atoms with Crippen LogP contribution in [0.3, 0.4) is 0 Å². The molecule has 2 aliphatic heterocycles. The molecule has 0 aromatic carbocycles. The molecule has 1 saturated carbocycles. The molecule has 2 heterocycles. The average molecular weight is 307 g/mol. The van der Waals surface area contributed by atoms with Crippen molar-refractivity contribution in [2.45, 2.75) is 83.8 Å². The summed E-state index contributed by atoms with van der Waals surface area (Å²) in [6, 6.07) is -0.265. The Morgan fingerprint density at radius 3 is 2.55 bits per heavy atom. The van der Waals surface area contributed by atoms with Crippen molar-refractivity contribution in [3.63, 3.8) is 0 Å². The largest absolute Gasteiger partial charge is 0.298 e. The highest BCUT2D eigenvalue weighted by Gasteiger charge is 2.55. The van der Waals surface area contributed by atoms with E-state index >= 15 is 0 Å². The van der Waals surface area contributed by atoms with E-state index in [0.29, 0.717) is 30.1 Å². The number of hydrogen-bond acceptors (Lipinski definition) is 3. The minimum Gasteiger partial charge on any atom is -0.298 e. The molecule has 0 bridgehead atoms. The van der Waals surface area contributed by atoms with Gasteiger partial charge in [0.15, 0.2) is 12.3 Å². The van der Waals surface area contributed by atoms with Crippen LogP contribution in [0.1, 0.15) is 66.2 Å². The Labute approximate surface area is 134 Å². The van der Waals surface area contributed by atoms with Gasteiger partial charge in [0.25, 0.3) is 0 Å². The van der Waals surface area contributed by atoms with Gasteiger partial charge in [0.05, 0.1) is 0 Å². The van der Waals surface area contributed by atoms with E-state index in [4.69, 9.17) is 0 Å². The van der Waals surface area contributed by atoms with Gasteiger partial charge in [-0.25, -0.2) is 0 Å². The second-order valence-corrected chi connectivity index (χ2v) is 9.06. The summed E-state index contributed by atoms with van der Waals surface area (Å²) in [6.07, 6.45) is 5.97. The van der Waals surface area contributed by atoms with E-state index in [0.717, 1.165) is 32.2 Å². The van der Waals surface area contributed by atoms with Gasteiger partial charge in [0.1, 0.15) is 6.04 Å². The summed E-state index contributed by atoms with van der Waals surface area (Å²) in [7, 11) is 0. The third-order valence-corrected chi connectivity index (χ3v) is 6.12. The zero-order valence-corrected chi connectivity index (χ0v) is 14.6. The van der Waals surface area contributed by atoms with E-state index < -0.39 is 0 Å². The fraction of sp³-hybridized carbons (Fsp3) is 0.944. The number of rotatable bonds is 2. The molecule has 2 saturated heterocycles. The van der Waals surface area contributed by atoms with Crippen LogP contribution in [-0.4, -0.2) is 46.2 Å². The number of carbonyl (C=O) groups is 1. The molecule has 22 heavy (non-hydrogen) atoms. The Kier molecular flexibility index (Phi) is 3.95. The molecule has 0 radical (unpaired) electrons. The standard InChI is InChI=1S/C18H31N2O2/c1-13-10-17(2,3)12-18(4,11-13)19-9-7-15(21)16(19)14-6-5-8-20(14)22/h13-14,16H,5-12H2,1-4H3/q+1. The smallest absolute Gasteiger partial charge is 0.223 e. The third kappa shape index (κ3) is 2.75. The van der Waals surface area contributed by atoms with Crippen molar-refractivity contribution in [3.8, 4) is 0 Å². The predicted molar refractivity (Wildman–Crippen MR) is 86.8 cm³/mol. The number of hydrogen-bond donors (Lipinski definition) is 0. The van der Waals surface area contributed by atoms with Crippen LogP contribution in [0, 0.1) is 16.2 Å². The van der Waals surface area contributed by atoms with Gasteiger partial charge in [-0.2, -0.15) is 0 Å². The second kappa shape index (κ2) is 5.40. The van der Waals surface area contributed by atoms with Gasteiger partial charge in [0.2, 0.25) is 6.04 Å². The third-order valence-electron chi connectivity index (χ3n) is 6.12. The highest BCUT2D eigenvalue weighted by Crippen LogP contribution is 2.48. The molecular formula is C18H31N2O2+. The van der Waals surface area contributed by atoms with Crippen molar-refractivity contribution >= 4 is 5.78 Å². The monoisotopic (exact) mass is 307 g/mol. The van der Waals surface area contributed by atoms with Crippen LogP contribution in [0.15, 0.2) is 0 Å². The molecule has 4 atom stereocenters. The lowest BCUT2D eigenvalue weighted by Gasteiger charge is -2.51. The lowest BCUT2D eigenvalue weighted by molar-refractivity contribution is -0.569. The second-order valence-electron chi connectivity index (χ2n) is 9.06. The highest BCUT2D eigenvalue weighted by molar-refractivity contribution is 5.87. The van der Waals surface area contributed by atoms with Crippen molar-refractivity contribution in [1.82, 2.24) is 4.90 Å². The Hall–Kier alpha value is -0.770. The summed E-state index contributed by atoms with van der Waals surface area (Å²) in [6.45, 7) is 10.8. The van der Waals surface area contributed by atoms with Crippen LogP contribution in [0.4, 0.5) is 0 Å². The summed E-state index contributed by atoms with van der Waals surface area (Å²) in [5.74, 6) is 0.974. The number of likely N-dealkylation sites (tertiary alicyclic amines) is 1. The molecule has 4 nitrogen and oxygen atoms in total. The number of nitroso groups, excluding NO2 is 1. The predicted octanol–water partition coefficient (Wildman–Crippen LogP) is 3.18. The Morgan fingerprint density at radius 2 is 1.95 bits per heavy atom. The molecule has 4 heteroatoms. The molecule has 0 N–H and O–H groups in total. The first-order valence-electron chi connectivity index (χ1n) is 8.95. The average Bonchev–Trinajstić information content (AvgIpc) is 2.92. The first-order valence-corrected chi connectivity index (χ1v) is 8.95. The van der Waals surface area contributed by atoms with Crippen LogP contribution in [0.5, 0.6) is 0 Å². The van der Waals surface area contributed by atoms with E-state index in [1.807, 2.05) is 0 Å². The lowest BCUT2D eigenvalue weighted by atomic mass is 9.64. The van der Waals surface area contributed by atoms with Gasteiger partial charge in [0, 0.05) is 41.0 Å². The summed E-state index contributed by atoms with van der Waals surface area (Å²) in [5, 5.41) is 0. The molecule has 4 unspecified atom stereocenters. The molecule has 0 spiro atoms. The molecule has 0 amide bonds. The summed E-state index contributed by atoms with van der Waals surface area (Å²) in [4.78, 5) is 27.1. The minimum atomic E-state index is -0.161. The van der Waals surface area contributed by atoms with Crippen LogP contribution in [0.2, 0.25) is 0 Å². The first-order chi connectivity index (χ1) is 10.2. The van der Waals surface area contributed by atoms with Crippen molar-refractivity contribution in [2.75, 3.05) is 13.1 Å². The van der Waals surface area contributed by atoms with Crippen LogP contribution in [-0.2, 0) is 4.79 Å². The maximum absolute atomic E-state index is 12.5. The molecular weight excluding hydrogens is 276 g/mol. The first kappa shape index (κ1) is 16.1. The topological polar surface area (TPSA) is 40.4 Å². The Bertz CT molecular complexity index is 487. The summed E-state index contributed by atoms with van der Waals surface area (Å²) < 4.78 is 1.18. The fourth-order valence-electron chi connectivity index (χ4n) is 5.96. The van der Waals surface area contributed by atoms with Crippen molar-refractivity contribution in [1.29, 1.82) is 0 Å². The summed E-state index contributed by atoms with van der Waals surface area (Å²) >= 11 is 0. The quantitative estimate of drug-likeness (QED) is 0.736. The van der Waals surface area contributed by atoms with Gasteiger partial charge in [-0.3, -0.25) is 9.69 Å². The highest BCUT2D eigenvalue weighted by atomic mass is 16.3. The molecule has 1 aliphatic carbocycles. The van der Waals surface area contributed by atoms with E-state index in [-0.39, 0.29) is 17.6 Å². The number of nitrogens with zero attached hydrogens (tertiary/aromatic N) is 2. The van der Waals surface area contributed by atoms with Crippen LogP contribution >= 0.6 is 0 Å². The number of ketones is 1. The van der Waals surface area contributed by atoms with Gasteiger partial charge < -0.3 is 0 Å². The SMILES string of the molecule is CC1CC(C)(C)CC(C)(N2CCC(=O)C2C2CCC[N+]2=O)C1. The van der Waals surface area contributed by atoms with E-state index in [1.165, 1.54) is 11.2 Å². The maximum Gasteiger partial charge on any atom is 0.223 e. The molecule has 0 aromatic rings.